The average molecular weight is 623 g/mol. The number of carbonyl (C=O) groups is 2. The van der Waals surface area contributed by atoms with Crippen LogP contribution < -0.4 is 9.64 Å². The molecule has 0 unspecified atom stereocenters. The van der Waals surface area contributed by atoms with Gasteiger partial charge < -0.3 is 24.1 Å². The first-order chi connectivity index (χ1) is 21.5. The molecule has 0 bridgehead atoms. The number of nitrogens with zero attached hydrogens (tertiary/aromatic N) is 6. The number of para-hydroxylation sites is 3. The van der Waals surface area contributed by atoms with Crippen LogP contribution in [0, 0.1) is 5.92 Å². The summed E-state index contributed by atoms with van der Waals surface area (Å²) >= 11 is 0. The van der Waals surface area contributed by atoms with E-state index in [0.717, 1.165) is 5.52 Å². The summed E-state index contributed by atoms with van der Waals surface area (Å²) in [7, 11) is 0. The fourth-order valence-corrected chi connectivity index (χ4v) is 6.63. The molecule has 14 heteroatoms. The van der Waals surface area contributed by atoms with Crippen molar-refractivity contribution < 1.29 is 37.0 Å². The molecular formula is C31H29F3N6O5. The lowest BCUT2D eigenvalue weighted by atomic mass is 9.93. The molecule has 5 heterocycles. The number of carboxylic acids is 1. The van der Waals surface area contributed by atoms with Gasteiger partial charge in [-0.1, -0.05) is 31.2 Å². The molecule has 234 valence electrons. The van der Waals surface area contributed by atoms with Crippen LogP contribution in [0.1, 0.15) is 38.6 Å². The predicted octanol–water partition coefficient (Wildman–Crippen LogP) is 5.28. The first kappa shape index (κ1) is 28.9. The van der Waals surface area contributed by atoms with Crippen molar-refractivity contribution in [3.63, 3.8) is 0 Å². The SMILES string of the molecule is CC(=O)N1CC[C@@H](n2c(O[C@H]3C[C@@H](C(=O)O)N(c4nc(C(F)(F)F)nc5c4oc4ccccc45)C3)nc3ccccc32)[C@H](C)C1. The molecule has 1 N–H and O–H groups in total. The van der Waals surface area contributed by atoms with E-state index in [0.29, 0.717) is 36.0 Å². The van der Waals surface area contributed by atoms with E-state index >= 15 is 0 Å². The number of hydrogen-bond acceptors (Lipinski definition) is 8. The van der Waals surface area contributed by atoms with Gasteiger partial charge >= 0.3 is 12.1 Å². The van der Waals surface area contributed by atoms with Gasteiger partial charge in [-0.05, 0) is 36.6 Å². The summed E-state index contributed by atoms with van der Waals surface area (Å²) in [5.41, 5.74) is 1.74. The van der Waals surface area contributed by atoms with E-state index in [4.69, 9.17) is 14.1 Å². The highest BCUT2D eigenvalue weighted by Crippen LogP contribution is 2.40. The van der Waals surface area contributed by atoms with Crippen molar-refractivity contribution in [3.05, 3.63) is 54.4 Å². The number of aromatic nitrogens is 4. The largest absolute Gasteiger partial charge is 0.480 e. The quantitative estimate of drug-likeness (QED) is 0.278. The van der Waals surface area contributed by atoms with E-state index in [-0.39, 0.29) is 53.8 Å². The highest BCUT2D eigenvalue weighted by atomic mass is 19.4. The van der Waals surface area contributed by atoms with Crippen molar-refractivity contribution in [3.8, 4) is 6.01 Å². The molecule has 2 aliphatic heterocycles. The number of rotatable bonds is 5. The highest BCUT2D eigenvalue weighted by molar-refractivity contribution is 6.06. The Hall–Kier alpha value is -4.88. The first-order valence-electron chi connectivity index (χ1n) is 14.6. The van der Waals surface area contributed by atoms with E-state index in [1.807, 2.05) is 33.7 Å². The van der Waals surface area contributed by atoms with Gasteiger partial charge in [-0.3, -0.25) is 9.36 Å². The summed E-state index contributed by atoms with van der Waals surface area (Å²) in [6, 6.07) is 13.0. The molecule has 4 atom stereocenters. The normalized spacial score (nSPS) is 22.5. The molecule has 2 aromatic carbocycles. The zero-order valence-electron chi connectivity index (χ0n) is 24.4. The van der Waals surface area contributed by atoms with Gasteiger partial charge in [0.15, 0.2) is 11.4 Å². The summed E-state index contributed by atoms with van der Waals surface area (Å²) in [5, 5.41) is 10.6. The van der Waals surface area contributed by atoms with E-state index in [1.54, 1.807) is 31.2 Å². The zero-order chi connectivity index (χ0) is 31.6. The smallest absolute Gasteiger partial charge is 0.451 e. The van der Waals surface area contributed by atoms with Crippen LogP contribution in [0.15, 0.2) is 52.9 Å². The Balaban J connectivity index is 1.27. The van der Waals surface area contributed by atoms with E-state index in [9.17, 15) is 27.9 Å². The van der Waals surface area contributed by atoms with E-state index < -0.39 is 30.1 Å². The Kier molecular flexibility index (Phi) is 6.82. The van der Waals surface area contributed by atoms with Gasteiger partial charge in [0, 0.05) is 37.9 Å². The molecule has 5 aromatic rings. The van der Waals surface area contributed by atoms with Gasteiger partial charge in [0.1, 0.15) is 23.2 Å². The molecule has 0 radical (unpaired) electrons. The number of alkyl halides is 3. The van der Waals surface area contributed by atoms with Crippen LogP contribution in [0.2, 0.25) is 0 Å². The second kappa shape index (κ2) is 10.6. The van der Waals surface area contributed by atoms with Gasteiger partial charge in [0.25, 0.3) is 6.01 Å². The maximum atomic E-state index is 14.0. The zero-order valence-corrected chi connectivity index (χ0v) is 24.4. The molecule has 1 amide bonds. The number of furan rings is 1. The second-order valence-corrected chi connectivity index (χ2v) is 11.7. The first-order valence-corrected chi connectivity index (χ1v) is 14.6. The number of fused-ring (bicyclic) bond motifs is 4. The van der Waals surface area contributed by atoms with Crippen molar-refractivity contribution in [2.75, 3.05) is 24.5 Å². The highest BCUT2D eigenvalue weighted by Gasteiger charge is 2.44. The van der Waals surface area contributed by atoms with Gasteiger partial charge in [-0.15, -0.1) is 0 Å². The fraction of sp³-hybridized carbons (Fsp3) is 0.387. The topological polar surface area (TPSA) is 127 Å². The monoisotopic (exact) mass is 622 g/mol. The lowest BCUT2D eigenvalue weighted by molar-refractivity contribution is -0.144. The lowest BCUT2D eigenvalue weighted by Crippen LogP contribution is -2.42. The number of anilines is 1. The van der Waals surface area contributed by atoms with E-state index in [1.165, 1.54) is 4.90 Å². The number of carboxylic acid groups (broad SMARTS) is 1. The standard InChI is InChI=1S/C31H29F3N6O5/c1-16-14-38(17(2)41)12-11-21(16)40-22-9-5-4-8-20(22)35-30(40)44-18-13-23(28(42)43)39(15-18)27-26-25(36-29(37-27)31(32,33)34)19-7-3-6-10-24(19)45-26/h3-10,16,18,21,23H,11-15H2,1-2H3,(H,42,43)/t16-,18+,21-,23+/m1/s1. The maximum absolute atomic E-state index is 14.0. The minimum absolute atomic E-state index is 0.00925. The number of imidazole rings is 1. The number of aliphatic carboxylic acids is 1. The molecule has 2 saturated heterocycles. The number of ether oxygens (including phenoxy) is 1. The van der Waals surface area contributed by atoms with Gasteiger partial charge in [-0.2, -0.15) is 18.2 Å². The molecule has 45 heavy (non-hydrogen) atoms. The molecule has 2 fully saturated rings. The molecule has 11 nitrogen and oxygen atoms in total. The maximum Gasteiger partial charge on any atom is 0.451 e. The van der Waals surface area contributed by atoms with Crippen LogP contribution in [0.25, 0.3) is 33.1 Å². The number of amides is 1. The van der Waals surface area contributed by atoms with Crippen molar-refractivity contribution in [2.24, 2.45) is 5.92 Å². The van der Waals surface area contributed by atoms with E-state index in [2.05, 4.69) is 16.9 Å². The van der Waals surface area contributed by atoms with Gasteiger partial charge in [0.2, 0.25) is 11.7 Å². The predicted molar refractivity (Wildman–Crippen MR) is 157 cm³/mol. The number of hydrogen-bond donors (Lipinski definition) is 1. The molecule has 0 aliphatic carbocycles. The summed E-state index contributed by atoms with van der Waals surface area (Å²) < 4.78 is 56.3. The third-order valence-electron chi connectivity index (χ3n) is 8.75. The molecule has 3 aromatic heterocycles. The summed E-state index contributed by atoms with van der Waals surface area (Å²) in [5.74, 6) is -2.82. The Morgan fingerprint density at radius 3 is 2.53 bits per heavy atom. The molecule has 0 spiro atoms. The number of carbonyl (C=O) groups excluding carboxylic acids is 1. The van der Waals surface area contributed by atoms with Crippen molar-refractivity contribution in [2.45, 2.75) is 51.1 Å². The molecular weight excluding hydrogens is 593 g/mol. The van der Waals surface area contributed by atoms with Gasteiger partial charge in [-0.25, -0.2) is 14.8 Å². The van der Waals surface area contributed by atoms with Crippen LogP contribution in [0.4, 0.5) is 19.0 Å². The minimum atomic E-state index is -4.88. The lowest BCUT2D eigenvalue weighted by Gasteiger charge is -2.37. The molecule has 7 rings (SSSR count). The number of likely N-dealkylation sites (tertiary alicyclic amines) is 1. The summed E-state index contributed by atoms with van der Waals surface area (Å²) in [4.78, 5) is 39.9. The number of benzene rings is 2. The van der Waals surface area contributed by atoms with Crippen LogP contribution in [-0.4, -0.2) is 73.2 Å². The van der Waals surface area contributed by atoms with Crippen LogP contribution in [0.3, 0.4) is 0 Å². The summed E-state index contributed by atoms with van der Waals surface area (Å²) in [6.45, 7) is 4.65. The van der Waals surface area contributed by atoms with Crippen molar-refractivity contribution in [1.29, 1.82) is 0 Å². The van der Waals surface area contributed by atoms with Crippen LogP contribution in [-0.2, 0) is 15.8 Å². The van der Waals surface area contributed by atoms with Crippen LogP contribution in [0.5, 0.6) is 6.01 Å². The number of halogens is 3. The number of piperidine rings is 1. The Labute approximate surface area is 254 Å². The Morgan fingerprint density at radius 2 is 1.80 bits per heavy atom. The minimum Gasteiger partial charge on any atom is -0.480 e. The Morgan fingerprint density at radius 1 is 1.04 bits per heavy atom. The average Bonchev–Trinajstić information content (AvgIpc) is 3.69. The third-order valence-corrected chi connectivity index (χ3v) is 8.75. The van der Waals surface area contributed by atoms with Gasteiger partial charge in [0.05, 0.1) is 17.6 Å². The summed E-state index contributed by atoms with van der Waals surface area (Å²) in [6.07, 6.45) is -5.01. The third kappa shape index (κ3) is 4.97. The molecule has 2 aliphatic rings. The fourth-order valence-electron chi connectivity index (χ4n) is 6.63. The van der Waals surface area contributed by atoms with Crippen molar-refractivity contribution >= 4 is 50.8 Å². The van der Waals surface area contributed by atoms with Crippen molar-refractivity contribution in [1.82, 2.24) is 24.4 Å². The Bertz CT molecular complexity index is 1950. The molecule has 0 saturated carbocycles. The second-order valence-electron chi connectivity index (χ2n) is 11.7. The van der Waals surface area contributed by atoms with Crippen LogP contribution >= 0.6 is 0 Å².